The van der Waals surface area contributed by atoms with Crippen LogP contribution in [0.15, 0.2) is 43.0 Å². The van der Waals surface area contributed by atoms with Crippen LogP contribution in [0.2, 0.25) is 0 Å². The van der Waals surface area contributed by atoms with Crippen LogP contribution in [-0.2, 0) is 15.6 Å². The van der Waals surface area contributed by atoms with Crippen LogP contribution in [0.4, 0.5) is 18.9 Å². The van der Waals surface area contributed by atoms with Crippen molar-refractivity contribution in [3.8, 4) is 11.5 Å². The van der Waals surface area contributed by atoms with Gasteiger partial charge < -0.3 is 9.47 Å². The predicted octanol–water partition coefficient (Wildman–Crippen LogP) is 4.75. The molecule has 0 aliphatic carbocycles. The molecule has 2 aromatic rings. The lowest BCUT2D eigenvalue weighted by atomic mass is 9.80. The average Bonchev–Trinajstić information content (AvgIpc) is 2.96. The normalized spacial score (nSPS) is 21.0. The van der Waals surface area contributed by atoms with Gasteiger partial charge in [-0.25, -0.2) is 4.31 Å². The molecule has 0 aromatic heterocycles. The Labute approximate surface area is 172 Å². The van der Waals surface area contributed by atoms with Gasteiger partial charge >= 0.3 is 15.5 Å². The highest BCUT2D eigenvalue weighted by molar-refractivity contribution is 7.93. The van der Waals surface area contributed by atoms with Crippen molar-refractivity contribution in [3.63, 3.8) is 0 Å². The molecule has 0 fully saturated rings. The molecular weight excluding hydrogens is 419 g/mol. The monoisotopic (exact) mass is 439 g/mol. The van der Waals surface area contributed by atoms with Crippen molar-refractivity contribution < 1.29 is 31.1 Å². The van der Waals surface area contributed by atoms with Gasteiger partial charge in [-0.05, 0) is 48.7 Å². The highest BCUT2D eigenvalue weighted by Crippen LogP contribution is 2.57. The summed E-state index contributed by atoms with van der Waals surface area (Å²) < 4.78 is 78.4. The summed E-state index contributed by atoms with van der Waals surface area (Å²) in [6, 6.07) is 9.34. The summed E-state index contributed by atoms with van der Waals surface area (Å²) in [5.41, 5.74) is -5.39. The standard InChI is InChI=1S/C21H20F3NO4S/c1-4-20(15-6-8-18-19(12-15)29-10-9-28-18)14(3)16-11-13(2)5-7-17(16)25(20)30(26,27)21(22,23)24/h5-8,11-12H,3-4,9-10H2,1-2H3/t20-/m0/s1. The zero-order chi connectivity index (χ0) is 21.9. The summed E-state index contributed by atoms with van der Waals surface area (Å²) in [5, 5.41) is 0. The van der Waals surface area contributed by atoms with E-state index in [2.05, 4.69) is 6.58 Å². The van der Waals surface area contributed by atoms with Crippen molar-refractivity contribution in [2.45, 2.75) is 31.3 Å². The molecule has 4 rings (SSSR count). The fraction of sp³-hybridized carbons (Fsp3) is 0.333. The molecule has 0 unspecified atom stereocenters. The van der Waals surface area contributed by atoms with E-state index < -0.39 is 21.1 Å². The Morgan fingerprint density at radius 1 is 1.10 bits per heavy atom. The summed E-state index contributed by atoms with van der Waals surface area (Å²) in [6.07, 6.45) is 0.0362. The molecule has 30 heavy (non-hydrogen) atoms. The Balaban J connectivity index is 2.03. The fourth-order valence-electron chi connectivity index (χ4n) is 4.21. The maximum absolute atomic E-state index is 13.8. The minimum absolute atomic E-state index is 0.0362. The number of rotatable bonds is 3. The Morgan fingerprint density at radius 3 is 2.40 bits per heavy atom. The first-order chi connectivity index (χ1) is 14.0. The third kappa shape index (κ3) is 2.71. The van der Waals surface area contributed by atoms with Crippen LogP contribution in [-0.4, -0.2) is 27.1 Å². The van der Waals surface area contributed by atoms with Gasteiger partial charge in [-0.2, -0.15) is 21.6 Å². The fourth-order valence-corrected chi connectivity index (χ4v) is 5.59. The zero-order valence-corrected chi connectivity index (χ0v) is 17.2. The highest BCUT2D eigenvalue weighted by Gasteiger charge is 2.61. The van der Waals surface area contributed by atoms with E-state index in [1.165, 1.54) is 6.07 Å². The van der Waals surface area contributed by atoms with E-state index >= 15 is 0 Å². The van der Waals surface area contributed by atoms with Crippen LogP contribution in [0.3, 0.4) is 0 Å². The number of hydrogen-bond acceptors (Lipinski definition) is 4. The lowest BCUT2D eigenvalue weighted by Crippen LogP contribution is -2.51. The topological polar surface area (TPSA) is 55.8 Å². The van der Waals surface area contributed by atoms with Crippen LogP contribution in [0, 0.1) is 6.92 Å². The molecule has 0 N–H and O–H groups in total. The molecule has 0 bridgehead atoms. The summed E-state index contributed by atoms with van der Waals surface area (Å²) in [6.45, 7) is 8.12. The minimum atomic E-state index is -5.72. The van der Waals surface area contributed by atoms with Crippen molar-refractivity contribution in [3.05, 3.63) is 59.7 Å². The second kappa shape index (κ2) is 6.66. The first-order valence-electron chi connectivity index (χ1n) is 9.36. The molecule has 0 amide bonds. The number of aryl methyl sites for hydroxylation is 1. The molecule has 2 aliphatic rings. The largest absolute Gasteiger partial charge is 0.516 e. The number of benzene rings is 2. The Bertz CT molecular complexity index is 1140. The number of nitrogens with zero attached hydrogens (tertiary/aromatic N) is 1. The Morgan fingerprint density at radius 2 is 1.77 bits per heavy atom. The van der Waals surface area contributed by atoms with Gasteiger partial charge in [-0.3, -0.25) is 0 Å². The second-order valence-electron chi connectivity index (χ2n) is 7.29. The van der Waals surface area contributed by atoms with Gasteiger partial charge in [-0.1, -0.05) is 31.2 Å². The number of halogens is 3. The summed E-state index contributed by atoms with van der Waals surface area (Å²) in [4.78, 5) is 0. The maximum atomic E-state index is 13.8. The molecule has 5 nitrogen and oxygen atoms in total. The average molecular weight is 439 g/mol. The predicted molar refractivity (Wildman–Crippen MR) is 107 cm³/mol. The van der Waals surface area contributed by atoms with E-state index in [1.807, 2.05) is 0 Å². The van der Waals surface area contributed by atoms with Crippen LogP contribution in [0.5, 0.6) is 11.5 Å². The first kappa shape index (κ1) is 20.6. The molecule has 0 spiro atoms. The van der Waals surface area contributed by atoms with Gasteiger partial charge in [0.05, 0.1) is 5.69 Å². The molecule has 1 atom stereocenters. The number of alkyl halides is 3. The van der Waals surface area contributed by atoms with E-state index in [0.717, 1.165) is 5.56 Å². The second-order valence-corrected chi connectivity index (χ2v) is 9.06. The molecule has 2 heterocycles. The SMILES string of the molecule is C=C1c2cc(C)ccc2N(S(=O)(=O)C(F)(F)F)[C@]1(CC)c1ccc2c(c1)OCCO2. The van der Waals surface area contributed by atoms with E-state index in [0.29, 0.717) is 40.1 Å². The quantitative estimate of drug-likeness (QED) is 0.692. The van der Waals surface area contributed by atoms with E-state index in [1.54, 1.807) is 44.2 Å². The van der Waals surface area contributed by atoms with Crippen molar-refractivity contribution in [1.82, 2.24) is 0 Å². The smallest absolute Gasteiger partial charge is 0.486 e. The van der Waals surface area contributed by atoms with Crippen LogP contribution >= 0.6 is 0 Å². The Hall–Kier alpha value is -2.68. The van der Waals surface area contributed by atoms with Gasteiger partial charge in [0, 0.05) is 5.56 Å². The molecule has 9 heteroatoms. The van der Waals surface area contributed by atoms with Crippen molar-refractivity contribution >= 4 is 21.3 Å². The van der Waals surface area contributed by atoms with Crippen LogP contribution < -0.4 is 13.8 Å². The highest BCUT2D eigenvalue weighted by atomic mass is 32.2. The summed E-state index contributed by atoms with van der Waals surface area (Å²) in [7, 11) is -5.72. The maximum Gasteiger partial charge on any atom is 0.516 e. The van der Waals surface area contributed by atoms with Crippen molar-refractivity contribution in [2.75, 3.05) is 17.5 Å². The van der Waals surface area contributed by atoms with Gasteiger partial charge in [0.25, 0.3) is 0 Å². The third-order valence-corrected chi connectivity index (χ3v) is 7.18. The third-order valence-electron chi connectivity index (χ3n) is 5.61. The van der Waals surface area contributed by atoms with Crippen molar-refractivity contribution in [1.29, 1.82) is 0 Å². The molecule has 160 valence electrons. The van der Waals surface area contributed by atoms with Crippen molar-refractivity contribution in [2.24, 2.45) is 0 Å². The number of ether oxygens (including phenoxy) is 2. The summed E-state index contributed by atoms with van der Waals surface area (Å²) >= 11 is 0. The Kier molecular flexibility index (Phi) is 4.57. The van der Waals surface area contributed by atoms with E-state index in [4.69, 9.17) is 9.47 Å². The lowest BCUT2D eigenvalue weighted by molar-refractivity contribution is -0.0442. The van der Waals surface area contributed by atoms with E-state index in [-0.39, 0.29) is 17.7 Å². The number of fused-ring (bicyclic) bond motifs is 2. The molecule has 0 radical (unpaired) electrons. The van der Waals surface area contributed by atoms with Gasteiger partial charge in [0.1, 0.15) is 18.8 Å². The van der Waals surface area contributed by atoms with Gasteiger partial charge in [0.2, 0.25) is 0 Å². The van der Waals surface area contributed by atoms with Crippen LogP contribution in [0.25, 0.3) is 5.57 Å². The molecule has 0 saturated carbocycles. The molecule has 0 saturated heterocycles. The van der Waals surface area contributed by atoms with Crippen LogP contribution in [0.1, 0.15) is 30.0 Å². The zero-order valence-electron chi connectivity index (χ0n) is 16.4. The molecule has 2 aromatic carbocycles. The van der Waals surface area contributed by atoms with Gasteiger partial charge in [0.15, 0.2) is 11.5 Å². The molecular formula is C21H20F3NO4S. The first-order valence-corrected chi connectivity index (χ1v) is 10.8. The number of sulfonamides is 1. The number of anilines is 1. The lowest BCUT2D eigenvalue weighted by Gasteiger charge is -2.40. The van der Waals surface area contributed by atoms with Gasteiger partial charge in [-0.15, -0.1) is 0 Å². The summed E-state index contributed by atoms with van der Waals surface area (Å²) in [5.74, 6) is 0.814. The number of hydrogen-bond donors (Lipinski definition) is 0. The molecule has 2 aliphatic heterocycles. The minimum Gasteiger partial charge on any atom is -0.486 e. The van der Waals surface area contributed by atoms with E-state index in [9.17, 15) is 21.6 Å².